The topological polar surface area (TPSA) is 75.4 Å². The van der Waals surface area contributed by atoms with Crippen LogP contribution in [0.4, 0.5) is 5.13 Å². The van der Waals surface area contributed by atoms with Crippen molar-refractivity contribution in [1.82, 2.24) is 9.88 Å². The third kappa shape index (κ3) is 2.44. The zero-order chi connectivity index (χ0) is 14.1. The monoisotopic (exact) mass is 291 g/mol. The molecule has 1 aliphatic heterocycles. The number of fused-ring (bicyclic) bond motifs is 1. The van der Waals surface area contributed by atoms with E-state index in [0.717, 1.165) is 17.0 Å². The predicted octanol–water partition coefficient (Wildman–Crippen LogP) is 1.89. The predicted molar refractivity (Wildman–Crippen MR) is 73.6 cm³/mol. The Labute approximate surface area is 119 Å². The van der Waals surface area contributed by atoms with Crippen LogP contribution < -0.4 is 5.32 Å². The summed E-state index contributed by atoms with van der Waals surface area (Å²) in [6.07, 6.45) is 2.18. The first-order valence-corrected chi connectivity index (χ1v) is 7.04. The van der Waals surface area contributed by atoms with E-state index in [1.54, 1.807) is 24.0 Å². The van der Waals surface area contributed by atoms with Crippen LogP contribution in [0.5, 0.6) is 0 Å². The average molecular weight is 291 g/mol. The minimum absolute atomic E-state index is 0.0604. The van der Waals surface area contributed by atoms with Gasteiger partial charge in [0.1, 0.15) is 0 Å². The molecule has 0 saturated heterocycles. The molecule has 6 nitrogen and oxygen atoms in total. The van der Waals surface area contributed by atoms with E-state index in [4.69, 9.17) is 4.42 Å². The van der Waals surface area contributed by atoms with Gasteiger partial charge in [0.05, 0.1) is 18.5 Å². The number of amides is 2. The van der Waals surface area contributed by atoms with Gasteiger partial charge in [0.15, 0.2) is 10.9 Å². The fraction of sp³-hybridized carbons (Fsp3) is 0.308. The first-order chi connectivity index (χ1) is 9.63. The number of rotatable bonds is 2. The van der Waals surface area contributed by atoms with Gasteiger partial charge in [0.25, 0.3) is 5.91 Å². The number of carbonyl (C=O) groups excluding carboxylic acids is 2. The van der Waals surface area contributed by atoms with E-state index >= 15 is 0 Å². The highest BCUT2D eigenvalue weighted by molar-refractivity contribution is 7.15. The number of carbonyl (C=O) groups is 2. The van der Waals surface area contributed by atoms with Crippen molar-refractivity contribution in [2.24, 2.45) is 0 Å². The summed E-state index contributed by atoms with van der Waals surface area (Å²) in [6.45, 7) is 2.81. The van der Waals surface area contributed by atoms with E-state index in [2.05, 4.69) is 10.3 Å². The van der Waals surface area contributed by atoms with Crippen molar-refractivity contribution in [2.75, 3.05) is 11.9 Å². The highest BCUT2D eigenvalue weighted by Gasteiger charge is 2.23. The third-order valence-electron chi connectivity index (χ3n) is 3.14. The van der Waals surface area contributed by atoms with Gasteiger partial charge in [-0.15, -0.1) is 0 Å². The maximum absolute atomic E-state index is 11.9. The van der Waals surface area contributed by atoms with E-state index in [9.17, 15) is 9.59 Å². The van der Waals surface area contributed by atoms with Gasteiger partial charge in [-0.25, -0.2) is 4.98 Å². The normalized spacial score (nSPS) is 13.9. The van der Waals surface area contributed by atoms with Crippen molar-refractivity contribution in [3.05, 3.63) is 34.7 Å². The molecule has 0 fully saturated rings. The van der Waals surface area contributed by atoms with Crippen LogP contribution in [-0.4, -0.2) is 28.2 Å². The molecule has 0 bridgehead atoms. The molecule has 3 rings (SSSR count). The summed E-state index contributed by atoms with van der Waals surface area (Å²) in [4.78, 5) is 30.4. The van der Waals surface area contributed by atoms with Crippen molar-refractivity contribution in [1.29, 1.82) is 0 Å². The highest BCUT2D eigenvalue weighted by Crippen LogP contribution is 2.28. The lowest BCUT2D eigenvalue weighted by molar-refractivity contribution is -0.129. The lowest BCUT2D eigenvalue weighted by Crippen LogP contribution is -2.33. The summed E-state index contributed by atoms with van der Waals surface area (Å²) >= 11 is 1.40. The molecule has 104 valence electrons. The van der Waals surface area contributed by atoms with Crippen LogP contribution in [0.3, 0.4) is 0 Å². The van der Waals surface area contributed by atoms with Gasteiger partial charge in [0, 0.05) is 24.8 Å². The fourth-order valence-electron chi connectivity index (χ4n) is 2.08. The van der Waals surface area contributed by atoms with Gasteiger partial charge < -0.3 is 9.32 Å². The molecule has 3 heterocycles. The van der Waals surface area contributed by atoms with Gasteiger partial charge in [0.2, 0.25) is 5.91 Å². The van der Waals surface area contributed by atoms with Crippen LogP contribution in [0.2, 0.25) is 0 Å². The maximum atomic E-state index is 11.9. The lowest BCUT2D eigenvalue weighted by atomic mass is 10.2. The van der Waals surface area contributed by atoms with Gasteiger partial charge >= 0.3 is 0 Å². The minimum atomic E-state index is -0.315. The van der Waals surface area contributed by atoms with Crippen LogP contribution in [0.15, 0.2) is 22.8 Å². The zero-order valence-corrected chi connectivity index (χ0v) is 11.7. The number of nitrogens with one attached hydrogen (secondary N) is 1. The third-order valence-corrected chi connectivity index (χ3v) is 4.14. The molecule has 0 aliphatic carbocycles. The molecule has 7 heteroatoms. The van der Waals surface area contributed by atoms with E-state index < -0.39 is 0 Å². The standard InChI is InChI=1S/C13H13N3O3S/c1-8(17)16-5-4-9-11(7-16)20-13(14-9)15-12(18)10-3-2-6-19-10/h2-3,6H,4-5,7H2,1H3,(H,14,15,18). The Morgan fingerprint density at radius 2 is 2.35 bits per heavy atom. The van der Waals surface area contributed by atoms with Crippen molar-refractivity contribution >= 4 is 28.3 Å². The Bertz CT molecular complexity index is 648. The number of hydrogen-bond donors (Lipinski definition) is 1. The zero-order valence-electron chi connectivity index (χ0n) is 10.9. The summed E-state index contributed by atoms with van der Waals surface area (Å²) in [5.74, 6) is -0.00160. The van der Waals surface area contributed by atoms with Crippen LogP contribution in [0, 0.1) is 0 Å². The first-order valence-electron chi connectivity index (χ1n) is 6.22. The summed E-state index contributed by atoms with van der Waals surface area (Å²) in [6, 6.07) is 3.26. The fourth-order valence-corrected chi connectivity index (χ4v) is 3.10. The molecule has 2 amide bonds. The maximum Gasteiger partial charge on any atom is 0.293 e. The number of anilines is 1. The first kappa shape index (κ1) is 12.9. The number of thiazole rings is 1. The Hall–Kier alpha value is -2.15. The SMILES string of the molecule is CC(=O)N1CCc2nc(NC(=O)c3ccco3)sc2C1. The number of hydrogen-bond acceptors (Lipinski definition) is 5. The average Bonchev–Trinajstić information content (AvgIpc) is 3.06. The van der Waals surface area contributed by atoms with Crippen LogP contribution in [0.25, 0.3) is 0 Å². The van der Waals surface area contributed by atoms with E-state index in [1.165, 1.54) is 17.6 Å². The molecule has 0 spiro atoms. The summed E-state index contributed by atoms with van der Waals surface area (Å²) in [5.41, 5.74) is 0.960. The molecule has 0 aromatic carbocycles. The Morgan fingerprint density at radius 3 is 3.05 bits per heavy atom. The van der Waals surface area contributed by atoms with Crippen molar-refractivity contribution in [3.63, 3.8) is 0 Å². The van der Waals surface area contributed by atoms with Crippen molar-refractivity contribution in [2.45, 2.75) is 19.9 Å². The second-order valence-corrected chi connectivity index (χ2v) is 5.59. The van der Waals surface area contributed by atoms with E-state index in [1.807, 2.05) is 0 Å². The summed E-state index contributed by atoms with van der Waals surface area (Å²) in [7, 11) is 0. The molecular formula is C13H13N3O3S. The van der Waals surface area contributed by atoms with Crippen molar-refractivity contribution in [3.8, 4) is 0 Å². The number of furan rings is 1. The molecular weight excluding hydrogens is 278 g/mol. The van der Waals surface area contributed by atoms with E-state index in [-0.39, 0.29) is 17.6 Å². The molecule has 2 aromatic heterocycles. The van der Waals surface area contributed by atoms with Crippen molar-refractivity contribution < 1.29 is 14.0 Å². The highest BCUT2D eigenvalue weighted by atomic mass is 32.1. The molecule has 0 atom stereocenters. The Kier molecular flexibility index (Phi) is 3.27. The van der Waals surface area contributed by atoms with Gasteiger partial charge in [-0.3, -0.25) is 14.9 Å². The Morgan fingerprint density at radius 1 is 1.50 bits per heavy atom. The molecule has 0 unspecified atom stereocenters. The molecule has 1 aliphatic rings. The second kappa shape index (κ2) is 5.09. The van der Waals surface area contributed by atoms with Crippen LogP contribution in [0.1, 0.15) is 28.0 Å². The second-order valence-electron chi connectivity index (χ2n) is 4.51. The van der Waals surface area contributed by atoms with Crippen LogP contribution in [-0.2, 0) is 17.8 Å². The molecule has 0 saturated carbocycles. The lowest BCUT2D eigenvalue weighted by Gasteiger charge is -2.24. The van der Waals surface area contributed by atoms with Gasteiger partial charge in [-0.05, 0) is 12.1 Å². The number of aromatic nitrogens is 1. The largest absolute Gasteiger partial charge is 0.459 e. The van der Waals surface area contributed by atoms with E-state index in [0.29, 0.717) is 18.2 Å². The minimum Gasteiger partial charge on any atom is -0.459 e. The number of nitrogens with zero attached hydrogens (tertiary/aromatic N) is 2. The smallest absolute Gasteiger partial charge is 0.293 e. The quantitative estimate of drug-likeness (QED) is 0.917. The van der Waals surface area contributed by atoms with Gasteiger partial charge in [-0.2, -0.15) is 0 Å². The molecule has 20 heavy (non-hydrogen) atoms. The molecule has 1 N–H and O–H groups in total. The molecule has 0 radical (unpaired) electrons. The molecule has 2 aromatic rings. The van der Waals surface area contributed by atoms with Gasteiger partial charge in [-0.1, -0.05) is 11.3 Å². The summed E-state index contributed by atoms with van der Waals surface area (Å²) in [5, 5.41) is 3.26. The van der Waals surface area contributed by atoms with Crippen LogP contribution >= 0.6 is 11.3 Å². The summed E-state index contributed by atoms with van der Waals surface area (Å²) < 4.78 is 5.03. The Balaban J connectivity index is 1.74.